The van der Waals surface area contributed by atoms with Crippen LogP contribution in [0.1, 0.15) is 44.9 Å². The SMILES string of the molecule is O=C(CC1SC2CCC(C(F)(F)F)CC2NC1=O)NC1CCC(F)C(Cl)C1. The molecule has 0 aromatic carbocycles. The van der Waals surface area contributed by atoms with E-state index in [1.807, 2.05) is 0 Å². The summed E-state index contributed by atoms with van der Waals surface area (Å²) in [5.74, 6) is -2.08. The lowest BCUT2D eigenvalue weighted by molar-refractivity contribution is -0.183. The van der Waals surface area contributed by atoms with Crippen LogP contribution >= 0.6 is 23.4 Å². The van der Waals surface area contributed by atoms with Crippen LogP contribution in [0.4, 0.5) is 17.6 Å². The van der Waals surface area contributed by atoms with Gasteiger partial charge in [-0.2, -0.15) is 13.2 Å². The van der Waals surface area contributed by atoms with Gasteiger partial charge in [-0.25, -0.2) is 4.39 Å². The second-order valence-corrected chi connectivity index (χ2v) is 9.65. The fraction of sp³-hybridized carbons (Fsp3) is 0.882. The third-order valence-electron chi connectivity index (χ3n) is 5.64. The number of fused-ring (bicyclic) bond motifs is 1. The second-order valence-electron chi connectivity index (χ2n) is 7.64. The number of carbonyl (C=O) groups is 2. The molecule has 1 aliphatic heterocycles. The fourth-order valence-electron chi connectivity index (χ4n) is 4.11. The van der Waals surface area contributed by atoms with Gasteiger partial charge in [0, 0.05) is 23.8 Å². The lowest BCUT2D eigenvalue weighted by Crippen LogP contribution is -2.56. The summed E-state index contributed by atoms with van der Waals surface area (Å²) < 4.78 is 52.1. The van der Waals surface area contributed by atoms with Crippen molar-refractivity contribution in [2.24, 2.45) is 5.92 Å². The smallest absolute Gasteiger partial charge is 0.353 e. The molecule has 2 amide bonds. The molecular weight excluding hydrogens is 408 g/mol. The van der Waals surface area contributed by atoms with Crippen molar-refractivity contribution in [1.29, 1.82) is 0 Å². The Morgan fingerprint density at radius 2 is 1.96 bits per heavy atom. The summed E-state index contributed by atoms with van der Waals surface area (Å²) in [4.78, 5) is 24.5. The summed E-state index contributed by atoms with van der Waals surface area (Å²) >= 11 is 7.21. The maximum Gasteiger partial charge on any atom is 0.391 e. The molecule has 2 saturated carbocycles. The number of amides is 2. The van der Waals surface area contributed by atoms with Gasteiger partial charge < -0.3 is 10.6 Å². The molecule has 2 aliphatic carbocycles. The highest BCUT2D eigenvalue weighted by Crippen LogP contribution is 2.43. The average molecular weight is 431 g/mol. The van der Waals surface area contributed by atoms with Gasteiger partial charge in [-0.15, -0.1) is 23.4 Å². The Balaban J connectivity index is 1.49. The molecular formula is C17H23ClF4N2O2S. The van der Waals surface area contributed by atoms with Crippen molar-refractivity contribution in [2.75, 3.05) is 0 Å². The Bertz CT molecular complexity index is 580. The number of carbonyl (C=O) groups excluding carboxylic acids is 2. The first-order valence-electron chi connectivity index (χ1n) is 9.23. The molecule has 0 aromatic heterocycles. The zero-order valence-corrected chi connectivity index (χ0v) is 16.2. The van der Waals surface area contributed by atoms with E-state index in [9.17, 15) is 27.2 Å². The largest absolute Gasteiger partial charge is 0.391 e. The second kappa shape index (κ2) is 8.35. The predicted octanol–water partition coefficient (Wildman–Crippen LogP) is 3.32. The van der Waals surface area contributed by atoms with Gasteiger partial charge in [-0.1, -0.05) is 0 Å². The Labute approximate surface area is 164 Å². The van der Waals surface area contributed by atoms with E-state index in [0.717, 1.165) is 0 Å². The highest BCUT2D eigenvalue weighted by atomic mass is 35.5. The van der Waals surface area contributed by atoms with Crippen molar-refractivity contribution in [1.82, 2.24) is 10.6 Å². The number of rotatable bonds is 3. The Hall–Kier alpha value is -0.700. The summed E-state index contributed by atoms with van der Waals surface area (Å²) in [6, 6.07) is -0.711. The van der Waals surface area contributed by atoms with Gasteiger partial charge in [0.25, 0.3) is 0 Å². The van der Waals surface area contributed by atoms with Gasteiger partial charge in [0.05, 0.1) is 16.5 Å². The van der Waals surface area contributed by atoms with Crippen LogP contribution in [0.15, 0.2) is 0 Å². The minimum atomic E-state index is -4.24. The molecule has 7 unspecified atom stereocenters. The molecule has 10 heteroatoms. The van der Waals surface area contributed by atoms with Crippen molar-refractivity contribution in [2.45, 2.75) is 85.3 Å². The number of nitrogens with one attached hydrogen (secondary N) is 2. The quantitative estimate of drug-likeness (QED) is 0.533. The van der Waals surface area contributed by atoms with Crippen LogP contribution < -0.4 is 10.6 Å². The first-order chi connectivity index (χ1) is 12.6. The first-order valence-corrected chi connectivity index (χ1v) is 10.6. The van der Waals surface area contributed by atoms with Crippen molar-refractivity contribution < 1.29 is 27.2 Å². The molecule has 0 radical (unpaired) electrons. The molecule has 0 aromatic rings. The van der Waals surface area contributed by atoms with Crippen LogP contribution in [0.5, 0.6) is 0 Å². The maximum atomic E-state index is 13.4. The molecule has 0 spiro atoms. The third kappa shape index (κ3) is 5.22. The van der Waals surface area contributed by atoms with Crippen molar-refractivity contribution in [3.63, 3.8) is 0 Å². The van der Waals surface area contributed by atoms with E-state index < -0.39 is 34.9 Å². The van der Waals surface area contributed by atoms with Crippen LogP contribution in [0.3, 0.4) is 0 Å². The standard InChI is InChI=1S/C17H23ClF4N2O2S/c18-10-6-9(2-3-11(10)19)23-15(25)7-14-16(26)24-12-5-8(17(20,21)22)1-4-13(12)27-14/h8-14H,1-7H2,(H,23,25)(H,24,26). The maximum absolute atomic E-state index is 13.4. The molecule has 3 aliphatic rings. The summed E-state index contributed by atoms with van der Waals surface area (Å²) in [6.07, 6.45) is -3.88. The van der Waals surface area contributed by atoms with E-state index in [0.29, 0.717) is 25.7 Å². The molecule has 1 saturated heterocycles. The van der Waals surface area contributed by atoms with Crippen molar-refractivity contribution in [3.8, 4) is 0 Å². The topological polar surface area (TPSA) is 58.2 Å². The normalized spacial score (nSPS) is 40.0. The van der Waals surface area contributed by atoms with Gasteiger partial charge >= 0.3 is 6.18 Å². The molecule has 154 valence electrons. The molecule has 4 nitrogen and oxygen atoms in total. The zero-order valence-electron chi connectivity index (χ0n) is 14.6. The lowest BCUT2D eigenvalue weighted by atomic mass is 9.84. The van der Waals surface area contributed by atoms with E-state index >= 15 is 0 Å². The van der Waals surface area contributed by atoms with E-state index in [1.165, 1.54) is 11.8 Å². The Morgan fingerprint density at radius 3 is 2.63 bits per heavy atom. The van der Waals surface area contributed by atoms with Crippen LogP contribution in [-0.2, 0) is 9.59 Å². The molecule has 2 N–H and O–H groups in total. The van der Waals surface area contributed by atoms with Crippen LogP contribution in [0.25, 0.3) is 0 Å². The number of hydrogen-bond acceptors (Lipinski definition) is 3. The Kier molecular flexibility index (Phi) is 6.50. The van der Waals surface area contributed by atoms with Crippen LogP contribution in [0, 0.1) is 5.92 Å². The zero-order chi connectivity index (χ0) is 19.8. The summed E-state index contributed by atoms with van der Waals surface area (Å²) in [6.45, 7) is 0. The molecule has 1 heterocycles. The minimum absolute atomic E-state index is 0.0368. The minimum Gasteiger partial charge on any atom is -0.353 e. The van der Waals surface area contributed by atoms with E-state index in [1.54, 1.807) is 0 Å². The Morgan fingerprint density at radius 1 is 1.22 bits per heavy atom. The van der Waals surface area contributed by atoms with E-state index in [-0.39, 0.29) is 42.4 Å². The molecule has 27 heavy (non-hydrogen) atoms. The van der Waals surface area contributed by atoms with Crippen LogP contribution in [-0.4, -0.2) is 52.1 Å². The summed E-state index contributed by atoms with van der Waals surface area (Å²) in [7, 11) is 0. The lowest BCUT2D eigenvalue weighted by Gasteiger charge is -2.42. The molecule has 7 atom stereocenters. The van der Waals surface area contributed by atoms with Gasteiger partial charge in [0.15, 0.2) is 0 Å². The average Bonchev–Trinajstić information content (AvgIpc) is 2.57. The number of thioether (sulfide) groups is 1. The van der Waals surface area contributed by atoms with Gasteiger partial charge in [-0.05, 0) is 38.5 Å². The first kappa shape index (κ1) is 21.0. The monoisotopic (exact) mass is 430 g/mol. The molecule has 3 fully saturated rings. The summed E-state index contributed by atoms with van der Waals surface area (Å²) in [5, 5.41) is 4.15. The van der Waals surface area contributed by atoms with Gasteiger partial charge in [0.1, 0.15) is 6.17 Å². The van der Waals surface area contributed by atoms with E-state index in [2.05, 4.69) is 10.6 Å². The van der Waals surface area contributed by atoms with Gasteiger partial charge in [0.2, 0.25) is 11.8 Å². The number of halogens is 5. The van der Waals surface area contributed by atoms with Crippen LogP contribution in [0.2, 0.25) is 0 Å². The highest BCUT2D eigenvalue weighted by Gasteiger charge is 2.48. The molecule has 0 bridgehead atoms. The number of hydrogen-bond donors (Lipinski definition) is 2. The van der Waals surface area contributed by atoms with Gasteiger partial charge in [-0.3, -0.25) is 9.59 Å². The number of alkyl halides is 5. The third-order valence-corrected chi connectivity index (χ3v) is 7.71. The predicted molar refractivity (Wildman–Crippen MR) is 95.4 cm³/mol. The summed E-state index contributed by atoms with van der Waals surface area (Å²) in [5.41, 5.74) is 0. The fourth-order valence-corrected chi connectivity index (χ4v) is 5.95. The molecule has 3 rings (SSSR count). The van der Waals surface area contributed by atoms with Crippen molar-refractivity contribution in [3.05, 3.63) is 0 Å². The van der Waals surface area contributed by atoms with E-state index in [4.69, 9.17) is 11.6 Å². The highest BCUT2D eigenvalue weighted by molar-refractivity contribution is 8.01. The van der Waals surface area contributed by atoms with Crippen molar-refractivity contribution >= 4 is 35.2 Å².